The molecule has 34 heavy (non-hydrogen) atoms. The number of para-hydroxylation sites is 1. The Hall–Kier alpha value is -2.90. The number of carbonyl (C=O) groups is 1. The van der Waals surface area contributed by atoms with E-state index >= 15 is 0 Å². The predicted octanol–water partition coefficient (Wildman–Crippen LogP) is 2.67. The Morgan fingerprint density at radius 3 is 2.74 bits per heavy atom. The molecule has 3 aliphatic heterocycles. The molecule has 1 unspecified atom stereocenters. The van der Waals surface area contributed by atoms with Gasteiger partial charge in [0.05, 0.1) is 19.9 Å². The summed E-state index contributed by atoms with van der Waals surface area (Å²) in [6.45, 7) is 6.32. The molecule has 0 spiro atoms. The summed E-state index contributed by atoms with van der Waals surface area (Å²) in [6.07, 6.45) is 4.71. The molecule has 6 rings (SSSR count). The van der Waals surface area contributed by atoms with Gasteiger partial charge in [0.2, 0.25) is 5.91 Å². The number of aromatic nitrogens is 2. The second-order valence-electron chi connectivity index (χ2n) is 10.0. The number of pyridine rings is 1. The highest BCUT2D eigenvalue weighted by atomic mass is 16.5. The highest BCUT2D eigenvalue weighted by molar-refractivity contribution is 5.85. The van der Waals surface area contributed by atoms with Gasteiger partial charge in [-0.1, -0.05) is 24.3 Å². The van der Waals surface area contributed by atoms with Crippen molar-refractivity contribution in [3.63, 3.8) is 0 Å². The van der Waals surface area contributed by atoms with Crippen LogP contribution in [0.5, 0.6) is 0 Å². The molecule has 1 amide bonds. The van der Waals surface area contributed by atoms with Crippen molar-refractivity contribution >= 4 is 16.8 Å². The number of amides is 1. The molecule has 3 aromatic rings. The van der Waals surface area contributed by atoms with Crippen LogP contribution in [0.25, 0.3) is 10.9 Å². The third-order valence-corrected chi connectivity index (χ3v) is 7.75. The van der Waals surface area contributed by atoms with Crippen LogP contribution in [0.4, 0.5) is 0 Å². The zero-order valence-electron chi connectivity index (χ0n) is 19.6. The van der Waals surface area contributed by atoms with Crippen LogP contribution in [0, 0.1) is 5.92 Å². The SMILES string of the molecule is O=C(CCc1cn(CN2CC3C[C@@H](C2)Cn2c3cccc2=O)c2ccccc12)N1CCOCC1. The van der Waals surface area contributed by atoms with Crippen LogP contribution in [0.2, 0.25) is 0 Å². The summed E-state index contributed by atoms with van der Waals surface area (Å²) in [5, 5.41) is 1.24. The molecular formula is C27H32N4O3. The third-order valence-electron chi connectivity index (χ3n) is 7.75. The summed E-state index contributed by atoms with van der Waals surface area (Å²) >= 11 is 0. The highest BCUT2D eigenvalue weighted by Crippen LogP contribution is 2.35. The number of piperidine rings is 1. The van der Waals surface area contributed by atoms with Crippen LogP contribution >= 0.6 is 0 Å². The molecule has 7 nitrogen and oxygen atoms in total. The molecule has 0 radical (unpaired) electrons. The number of ether oxygens (including phenoxy) is 1. The van der Waals surface area contributed by atoms with Gasteiger partial charge in [-0.05, 0) is 36.5 Å². The second kappa shape index (κ2) is 9.04. The summed E-state index contributed by atoms with van der Waals surface area (Å²) in [5.41, 5.74) is 3.79. The third kappa shape index (κ3) is 4.07. The van der Waals surface area contributed by atoms with Crippen LogP contribution in [-0.2, 0) is 29.2 Å². The fourth-order valence-electron chi connectivity index (χ4n) is 6.18. The first-order valence-corrected chi connectivity index (χ1v) is 12.5. The summed E-state index contributed by atoms with van der Waals surface area (Å²) in [6, 6.07) is 14.2. The number of carbonyl (C=O) groups excluding carboxylic acids is 1. The normalized spacial score (nSPS) is 22.6. The number of hydrogen-bond donors (Lipinski definition) is 0. The van der Waals surface area contributed by atoms with Crippen molar-refractivity contribution in [2.75, 3.05) is 39.4 Å². The van der Waals surface area contributed by atoms with E-state index in [9.17, 15) is 9.59 Å². The van der Waals surface area contributed by atoms with Gasteiger partial charge in [-0.3, -0.25) is 14.5 Å². The number of rotatable bonds is 5. The summed E-state index contributed by atoms with van der Waals surface area (Å²) in [7, 11) is 0. The molecule has 7 heteroatoms. The first kappa shape index (κ1) is 21.6. The molecule has 2 fully saturated rings. The summed E-state index contributed by atoms with van der Waals surface area (Å²) in [5.74, 6) is 1.14. The molecule has 5 heterocycles. The van der Waals surface area contributed by atoms with E-state index in [2.05, 4.69) is 46.0 Å². The van der Waals surface area contributed by atoms with Gasteiger partial charge in [0.15, 0.2) is 0 Å². The van der Waals surface area contributed by atoms with Crippen molar-refractivity contribution in [1.82, 2.24) is 18.9 Å². The van der Waals surface area contributed by atoms with Crippen LogP contribution in [-0.4, -0.2) is 64.2 Å². The summed E-state index contributed by atoms with van der Waals surface area (Å²) < 4.78 is 9.72. The zero-order chi connectivity index (χ0) is 23.1. The predicted molar refractivity (Wildman–Crippen MR) is 131 cm³/mol. The Bertz CT molecular complexity index is 1260. The fourth-order valence-corrected chi connectivity index (χ4v) is 6.18. The lowest BCUT2D eigenvalue weighted by atomic mass is 9.83. The Morgan fingerprint density at radius 1 is 1.00 bits per heavy atom. The van der Waals surface area contributed by atoms with E-state index in [4.69, 9.17) is 4.74 Å². The lowest BCUT2D eigenvalue weighted by Gasteiger charge is -2.42. The number of nitrogens with zero attached hydrogens (tertiary/aromatic N) is 4. The molecular weight excluding hydrogens is 428 g/mol. The van der Waals surface area contributed by atoms with E-state index in [0.717, 1.165) is 32.7 Å². The van der Waals surface area contributed by atoms with Crippen molar-refractivity contribution < 1.29 is 9.53 Å². The molecule has 2 saturated heterocycles. The molecule has 0 saturated carbocycles. The van der Waals surface area contributed by atoms with Crippen molar-refractivity contribution in [2.45, 2.75) is 38.4 Å². The van der Waals surface area contributed by atoms with Gasteiger partial charge >= 0.3 is 0 Å². The van der Waals surface area contributed by atoms with Gasteiger partial charge in [-0.15, -0.1) is 0 Å². The number of hydrogen-bond acceptors (Lipinski definition) is 4. The molecule has 2 bridgehead atoms. The largest absolute Gasteiger partial charge is 0.378 e. The first-order valence-electron chi connectivity index (χ1n) is 12.5. The highest BCUT2D eigenvalue weighted by Gasteiger charge is 2.34. The number of morpholine rings is 1. The van der Waals surface area contributed by atoms with Gasteiger partial charge in [-0.25, -0.2) is 0 Å². The summed E-state index contributed by atoms with van der Waals surface area (Å²) in [4.78, 5) is 29.5. The molecule has 1 aromatic carbocycles. The molecule has 2 aromatic heterocycles. The van der Waals surface area contributed by atoms with E-state index in [1.807, 2.05) is 15.5 Å². The first-order chi connectivity index (χ1) is 16.7. The maximum Gasteiger partial charge on any atom is 0.250 e. The minimum atomic E-state index is 0.133. The van der Waals surface area contributed by atoms with Gasteiger partial charge < -0.3 is 18.8 Å². The van der Waals surface area contributed by atoms with Crippen LogP contribution in [0.3, 0.4) is 0 Å². The van der Waals surface area contributed by atoms with Crippen LogP contribution in [0.1, 0.15) is 30.0 Å². The topological polar surface area (TPSA) is 59.7 Å². The monoisotopic (exact) mass is 460 g/mol. The molecule has 3 aliphatic rings. The molecule has 0 N–H and O–H groups in total. The minimum Gasteiger partial charge on any atom is -0.378 e. The maximum atomic E-state index is 12.7. The van der Waals surface area contributed by atoms with Gasteiger partial charge in [-0.2, -0.15) is 0 Å². The number of benzene rings is 1. The fraction of sp³-hybridized carbons (Fsp3) is 0.481. The van der Waals surface area contributed by atoms with Crippen molar-refractivity contribution in [2.24, 2.45) is 5.92 Å². The lowest BCUT2D eigenvalue weighted by molar-refractivity contribution is -0.135. The van der Waals surface area contributed by atoms with Crippen LogP contribution < -0.4 is 5.56 Å². The number of fused-ring (bicyclic) bond motifs is 5. The standard InChI is InChI=1S/C27H32N4O3/c32-26(29-10-12-34-13-11-29)9-8-21-18-30(25-5-2-1-4-23(21)25)19-28-15-20-14-22(17-28)24-6-3-7-27(33)31(24)16-20/h1-7,18,20,22H,8-17,19H2/t20-,22?/m0/s1. The number of aryl methyl sites for hydroxylation is 1. The Balaban J connectivity index is 1.19. The van der Waals surface area contributed by atoms with Crippen molar-refractivity contribution in [3.05, 3.63) is 70.3 Å². The van der Waals surface area contributed by atoms with E-state index < -0.39 is 0 Å². The Labute approximate surface area is 199 Å². The van der Waals surface area contributed by atoms with E-state index in [0.29, 0.717) is 44.6 Å². The smallest absolute Gasteiger partial charge is 0.250 e. The average Bonchev–Trinajstić information content (AvgIpc) is 3.21. The lowest BCUT2D eigenvalue weighted by Crippen LogP contribution is -2.47. The van der Waals surface area contributed by atoms with E-state index in [1.54, 1.807) is 6.07 Å². The molecule has 2 atom stereocenters. The second-order valence-corrected chi connectivity index (χ2v) is 10.0. The minimum absolute atomic E-state index is 0.133. The zero-order valence-corrected chi connectivity index (χ0v) is 19.6. The van der Waals surface area contributed by atoms with Gasteiger partial charge in [0.25, 0.3) is 5.56 Å². The van der Waals surface area contributed by atoms with E-state index in [1.165, 1.54) is 28.6 Å². The van der Waals surface area contributed by atoms with E-state index in [-0.39, 0.29) is 11.5 Å². The molecule has 0 aliphatic carbocycles. The average molecular weight is 461 g/mol. The number of likely N-dealkylation sites (tertiary alicyclic amines) is 1. The molecule has 178 valence electrons. The quantitative estimate of drug-likeness (QED) is 0.588. The van der Waals surface area contributed by atoms with Crippen LogP contribution in [0.15, 0.2) is 53.5 Å². The van der Waals surface area contributed by atoms with Crippen molar-refractivity contribution in [3.8, 4) is 0 Å². The Kier molecular flexibility index (Phi) is 5.75. The maximum absolute atomic E-state index is 12.7. The van der Waals surface area contributed by atoms with Crippen molar-refractivity contribution in [1.29, 1.82) is 0 Å². The Morgan fingerprint density at radius 2 is 1.85 bits per heavy atom. The van der Waals surface area contributed by atoms with Gasteiger partial charge in [0, 0.05) is 73.9 Å². The van der Waals surface area contributed by atoms with Gasteiger partial charge in [0.1, 0.15) is 0 Å².